The van der Waals surface area contributed by atoms with Gasteiger partial charge >= 0.3 is 6.01 Å². The number of aromatic nitrogens is 4. The normalized spacial score (nSPS) is 21.0. The monoisotopic (exact) mass is 587 g/mol. The molecular weight excluding hydrogens is 549 g/mol. The third-order valence-corrected chi connectivity index (χ3v) is 9.01. The second kappa shape index (κ2) is 12.2. The van der Waals surface area contributed by atoms with Gasteiger partial charge in [0.25, 0.3) is 5.91 Å². The molecule has 3 aromatic rings. The molecule has 3 aliphatic heterocycles. The second-order valence-electron chi connectivity index (χ2n) is 11.8. The van der Waals surface area contributed by atoms with Crippen LogP contribution in [0.3, 0.4) is 0 Å². The van der Waals surface area contributed by atoms with Crippen LogP contribution in [0, 0.1) is 13.5 Å². The molecule has 1 N–H and O–H groups in total. The van der Waals surface area contributed by atoms with E-state index < -0.39 is 17.8 Å². The number of amides is 1. The number of anilines is 2. The number of carbonyl (C=O) groups excluding carboxylic acids is 1. The fourth-order valence-corrected chi connectivity index (χ4v) is 6.73. The van der Waals surface area contributed by atoms with E-state index in [0.717, 1.165) is 72.4 Å². The number of likely N-dealkylation sites (N-methyl/N-ethyl adjacent to an activating group) is 1. The number of hydrogen-bond donors (Lipinski definition) is 1. The number of aryl methyl sites for hydroxylation is 1. The van der Waals surface area contributed by atoms with Crippen LogP contribution in [-0.2, 0) is 17.8 Å². The van der Waals surface area contributed by atoms with E-state index in [2.05, 4.69) is 62.4 Å². The summed E-state index contributed by atoms with van der Waals surface area (Å²) in [5.74, 6) is -0.977. The summed E-state index contributed by atoms with van der Waals surface area (Å²) in [6.07, 6.45) is 5.78. The molecule has 3 aliphatic rings. The fourth-order valence-electron chi connectivity index (χ4n) is 6.73. The van der Waals surface area contributed by atoms with Crippen molar-refractivity contribution in [2.45, 2.75) is 51.2 Å². The van der Waals surface area contributed by atoms with Gasteiger partial charge in [-0.3, -0.25) is 9.89 Å². The van der Waals surface area contributed by atoms with Crippen molar-refractivity contribution in [2.24, 2.45) is 0 Å². The summed E-state index contributed by atoms with van der Waals surface area (Å²) in [4.78, 5) is 34.3. The Morgan fingerprint density at radius 3 is 2.81 bits per heavy atom. The molecule has 2 fully saturated rings. The van der Waals surface area contributed by atoms with E-state index in [-0.39, 0.29) is 13.1 Å². The predicted octanol–water partition coefficient (Wildman–Crippen LogP) is 3.51. The number of carbonyl (C=O) groups is 1. The highest BCUT2D eigenvalue weighted by molar-refractivity contribution is 5.93. The molecule has 0 aliphatic carbocycles. The van der Waals surface area contributed by atoms with Crippen LogP contribution in [0.25, 0.3) is 15.7 Å². The molecular formula is C31H38FN9O2. The van der Waals surface area contributed by atoms with Crippen LogP contribution in [0.5, 0.6) is 6.01 Å². The Morgan fingerprint density at radius 1 is 1.19 bits per heavy atom. The number of H-pyrrole nitrogens is 1. The average Bonchev–Trinajstić information content (AvgIpc) is 3.58. The number of hydrogen-bond acceptors (Lipinski definition) is 8. The maximum absolute atomic E-state index is 13.8. The minimum atomic E-state index is -1.00. The van der Waals surface area contributed by atoms with Crippen molar-refractivity contribution in [1.29, 1.82) is 0 Å². The Kier molecular flexibility index (Phi) is 8.17. The average molecular weight is 588 g/mol. The molecule has 2 aromatic heterocycles. The van der Waals surface area contributed by atoms with Crippen LogP contribution in [0.2, 0.25) is 0 Å². The molecule has 6 rings (SSSR count). The first-order chi connectivity index (χ1) is 20.8. The molecule has 1 amide bonds. The molecule has 226 valence electrons. The van der Waals surface area contributed by atoms with Gasteiger partial charge in [-0.15, -0.1) is 0 Å². The van der Waals surface area contributed by atoms with Crippen LogP contribution < -0.4 is 14.5 Å². The van der Waals surface area contributed by atoms with E-state index in [9.17, 15) is 9.18 Å². The minimum Gasteiger partial charge on any atom is -0.462 e. The van der Waals surface area contributed by atoms with Gasteiger partial charge in [0.05, 0.1) is 29.6 Å². The summed E-state index contributed by atoms with van der Waals surface area (Å²) in [6, 6.07) is 4.35. The number of rotatable bonds is 7. The van der Waals surface area contributed by atoms with E-state index in [0.29, 0.717) is 38.3 Å². The number of aromatic amines is 1. The first-order valence-corrected chi connectivity index (χ1v) is 15.0. The Labute approximate surface area is 251 Å². The maximum atomic E-state index is 13.8. The molecule has 11 nitrogen and oxygen atoms in total. The third kappa shape index (κ3) is 5.73. The van der Waals surface area contributed by atoms with Gasteiger partial charge in [0.2, 0.25) is 6.54 Å². The minimum absolute atomic E-state index is 0.0714. The smallest absolute Gasteiger partial charge is 0.318 e. The lowest BCUT2D eigenvalue weighted by atomic mass is 10.1. The molecule has 2 atom stereocenters. The largest absolute Gasteiger partial charge is 0.462 e. The van der Waals surface area contributed by atoms with Crippen molar-refractivity contribution in [3.05, 3.63) is 59.0 Å². The van der Waals surface area contributed by atoms with Crippen molar-refractivity contribution in [3.63, 3.8) is 0 Å². The van der Waals surface area contributed by atoms with Crippen LogP contribution in [0.15, 0.2) is 30.7 Å². The van der Waals surface area contributed by atoms with E-state index in [1.807, 2.05) is 6.20 Å². The van der Waals surface area contributed by atoms with E-state index in [4.69, 9.17) is 21.3 Å². The van der Waals surface area contributed by atoms with E-state index in [1.165, 1.54) is 10.5 Å². The summed E-state index contributed by atoms with van der Waals surface area (Å²) in [5, 5.41) is 8.46. The van der Waals surface area contributed by atoms with Gasteiger partial charge in [-0.2, -0.15) is 15.1 Å². The molecule has 12 heteroatoms. The van der Waals surface area contributed by atoms with E-state index in [1.54, 1.807) is 0 Å². The van der Waals surface area contributed by atoms with Crippen LogP contribution in [-0.4, -0.2) is 101 Å². The Bertz CT molecular complexity index is 1570. The number of halogens is 1. The Morgan fingerprint density at radius 2 is 2.05 bits per heavy atom. The molecule has 0 unspecified atom stereocenters. The standard InChI is InChI=1S/C31H38FN9O2/c1-20-9-10-26-25(16-34-37-26)28(20)39-12-6-8-24-27(18-39)35-31(43-19-22-7-5-11-38(22)4)36-29(24)40-13-14-41(30(42)21(2)32)23(17-40)15-33-3/h9-10,16,22-23H,2,5-8,11-15,17-19H2,1,4H3,(H,34,37)/t22-,23-/m0/s1. The highest BCUT2D eigenvalue weighted by atomic mass is 19.1. The first-order valence-electron chi connectivity index (χ1n) is 15.0. The van der Waals surface area contributed by atoms with Gasteiger partial charge in [-0.1, -0.05) is 12.6 Å². The summed E-state index contributed by atoms with van der Waals surface area (Å²) in [6.45, 7) is 16.9. The Balaban J connectivity index is 1.36. The number of benzene rings is 1. The van der Waals surface area contributed by atoms with Gasteiger partial charge in [0, 0.05) is 43.2 Å². The van der Waals surface area contributed by atoms with Gasteiger partial charge in [0.1, 0.15) is 18.5 Å². The summed E-state index contributed by atoms with van der Waals surface area (Å²) in [5.41, 5.74) is 5.28. The number of nitrogens with one attached hydrogen (secondary N) is 1. The van der Waals surface area contributed by atoms with Gasteiger partial charge in [-0.25, -0.2) is 11.0 Å². The second-order valence-corrected chi connectivity index (χ2v) is 11.8. The van der Waals surface area contributed by atoms with Gasteiger partial charge in [-0.05, 0) is 57.8 Å². The highest BCUT2D eigenvalue weighted by Gasteiger charge is 2.36. The summed E-state index contributed by atoms with van der Waals surface area (Å²) < 4.78 is 20.1. The molecule has 2 saturated heterocycles. The van der Waals surface area contributed by atoms with Crippen molar-refractivity contribution in [2.75, 3.05) is 62.7 Å². The number of likely N-dealkylation sites (tertiary alicyclic amines) is 1. The molecule has 0 bridgehead atoms. The lowest BCUT2D eigenvalue weighted by molar-refractivity contribution is -0.131. The van der Waals surface area contributed by atoms with E-state index >= 15 is 0 Å². The molecule has 0 radical (unpaired) electrons. The van der Waals surface area contributed by atoms with Gasteiger partial charge < -0.3 is 29.2 Å². The first kappa shape index (κ1) is 28.9. The number of piperazine rings is 1. The Hall–Kier alpha value is -4.24. The number of nitrogens with zero attached hydrogens (tertiary/aromatic N) is 8. The third-order valence-electron chi connectivity index (χ3n) is 9.01. The zero-order valence-electron chi connectivity index (χ0n) is 24.9. The lowest BCUT2D eigenvalue weighted by Crippen LogP contribution is -2.56. The van der Waals surface area contributed by atoms with Crippen molar-refractivity contribution < 1.29 is 13.9 Å². The molecule has 0 saturated carbocycles. The highest BCUT2D eigenvalue weighted by Crippen LogP contribution is 2.35. The summed E-state index contributed by atoms with van der Waals surface area (Å²) in [7, 11) is 2.12. The van der Waals surface area contributed by atoms with Crippen molar-refractivity contribution in [3.8, 4) is 6.01 Å². The molecule has 5 heterocycles. The SMILES string of the molecule is [C-]#[N+]C[C@H]1CN(c2nc(OC[C@@H]3CCCN3C)nc3c2CCCN(c2c(C)ccc4[nH]ncc24)C3)CCN1C(=O)C(=C)F. The molecule has 1 aromatic carbocycles. The fraction of sp³-hybridized carbons (Fsp3) is 0.516. The van der Waals surface area contributed by atoms with Crippen LogP contribution in [0.1, 0.15) is 36.1 Å². The predicted molar refractivity (Wildman–Crippen MR) is 163 cm³/mol. The number of fused-ring (bicyclic) bond motifs is 2. The maximum Gasteiger partial charge on any atom is 0.318 e. The number of ether oxygens (including phenoxy) is 1. The van der Waals surface area contributed by atoms with Crippen molar-refractivity contribution in [1.82, 2.24) is 30.0 Å². The van der Waals surface area contributed by atoms with Crippen LogP contribution >= 0.6 is 0 Å². The molecule has 43 heavy (non-hydrogen) atoms. The lowest BCUT2D eigenvalue weighted by Gasteiger charge is -2.40. The van der Waals surface area contributed by atoms with Crippen LogP contribution in [0.4, 0.5) is 15.9 Å². The zero-order valence-corrected chi connectivity index (χ0v) is 24.9. The molecule has 0 spiro atoms. The zero-order chi connectivity index (χ0) is 30.1. The topological polar surface area (TPSA) is 98.1 Å². The van der Waals surface area contributed by atoms with Gasteiger partial charge in [0.15, 0.2) is 5.83 Å². The quantitative estimate of drug-likeness (QED) is 0.332. The summed E-state index contributed by atoms with van der Waals surface area (Å²) >= 11 is 0. The van der Waals surface area contributed by atoms with Crippen molar-refractivity contribution >= 4 is 28.3 Å².